The van der Waals surface area contributed by atoms with Crippen LogP contribution in [0.1, 0.15) is 25.7 Å². The van der Waals surface area contributed by atoms with Gasteiger partial charge in [0.05, 0.1) is 0 Å². The Labute approximate surface area is 163 Å². The van der Waals surface area contributed by atoms with Gasteiger partial charge in [-0.25, -0.2) is 0 Å². The lowest BCUT2D eigenvalue weighted by Gasteiger charge is -2.31. The summed E-state index contributed by atoms with van der Waals surface area (Å²) in [6.45, 7) is 0. The molecule has 0 aromatic carbocycles. The molecule has 0 amide bonds. The van der Waals surface area contributed by atoms with Crippen LogP contribution in [0.2, 0.25) is 0 Å². The second-order valence-corrected chi connectivity index (χ2v) is 8.86. The molecule has 0 aliphatic carbocycles. The van der Waals surface area contributed by atoms with Crippen LogP contribution < -0.4 is 0 Å². The molecule has 0 spiro atoms. The molecule has 7 heteroatoms. The minimum atomic E-state index is 0.300. The highest BCUT2D eigenvalue weighted by atomic mass is 32.1. The molecule has 122 valence electrons. The molecule has 4 unspecified atom stereocenters. The van der Waals surface area contributed by atoms with Gasteiger partial charge in [0.25, 0.3) is 0 Å². The summed E-state index contributed by atoms with van der Waals surface area (Å²) in [7, 11) is 0. The third-order valence-electron chi connectivity index (χ3n) is 3.51. The number of hydrogen-bond acceptors (Lipinski definition) is 7. The lowest BCUT2D eigenvalue weighted by Crippen LogP contribution is -2.31. The van der Waals surface area contributed by atoms with Gasteiger partial charge in [-0.2, -0.15) is 88.4 Å². The van der Waals surface area contributed by atoms with Crippen molar-refractivity contribution in [3.63, 3.8) is 0 Å². The molecule has 0 bridgehead atoms. The van der Waals surface area contributed by atoms with E-state index in [1.165, 1.54) is 0 Å². The van der Waals surface area contributed by atoms with Gasteiger partial charge in [0, 0.05) is 15.7 Å². The fourth-order valence-corrected chi connectivity index (χ4v) is 5.63. The van der Waals surface area contributed by atoms with Crippen LogP contribution in [0.15, 0.2) is 0 Å². The van der Waals surface area contributed by atoms with Gasteiger partial charge in [-0.1, -0.05) is 0 Å². The molecular weight excluding hydrogens is 381 g/mol. The van der Waals surface area contributed by atoms with Crippen molar-refractivity contribution in [3.8, 4) is 0 Å². The lowest BCUT2D eigenvalue weighted by molar-refractivity contribution is 0.397. The third-order valence-corrected chi connectivity index (χ3v) is 6.75. The molecule has 0 aromatic heterocycles. The van der Waals surface area contributed by atoms with Crippen molar-refractivity contribution in [2.24, 2.45) is 11.8 Å². The molecule has 0 heterocycles. The number of rotatable bonds is 12. The maximum atomic E-state index is 4.86. The van der Waals surface area contributed by atoms with Crippen LogP contribution in [0, 0.1) is 11.8 Å². The van der Waals surface area contributed by atoms with Crippen molar-refractivity contribution < 1.29 is 0 Å². The first kappa shape index (κ1) is 22.4. The predicted octanol–water partition coefficient (Wildman–Crippen LogP) is 4.39. The molecule has 0 nitrogen and oxygen atoms in total. The van der Waals surface area contributed by atoms with Crippen LogP contribution in [0.25, 0.3) is 0 Å². The molecule has 0 fully saturated rings. The molecule has 0 N–H and O–H groups in total. The summed E-state index contributed by atoms with van der Waals surface area (Å²) in [5.41, 5.74) is 0. The van der Waals surface area contributed by atoms with Gasteiger partial charge in [-0.3, -0.25) is 0 Å². The molecule has 0 aliphatic heterocycles. The second kappa shape index (κ2) is 13.8. The molecule has 0 saturated heterocycles. The van der Waals surface area contributed by atoms with E-state index < -0.39 is 0 Å². The standard InChI is InChI=1S/C13H28S7/c14-3-1-11(18)5-9(7-16)13(20)10(8-17)6-12(19)2-4-15/h9-20H,1-8H2. The summed E-state index contributed by atoms with van der Waals surface area (Å²) in [6, 6.07) is 0. The van der Waals surface area contributed by atoms with Crippen molar-refractivity contribution in [2.75, 3.05) is 23.0 Å². The summed E-state index contributed by atoms with van der Waals surface area (Å²) in [4.78, 5) is 0. The van der Waals surface area contributed by atoms with E-state index in [4.69, 9.17) is 12.6 Å². The molecule has 20 heavy (non-hydrogen) atoms. The smallest absolute Gasteiger partial charge is 0.00897 e. The van der Waals surface area contributed by atoms with Crippen molar-refractivity contribution in [2.45, 2.75) is 41.4 Å². The van der Waals surface area contributed by atoms with E-state index in [2.05, 4.69) is 75.8 Å². The summed E-state index contributed by atoms with van der Waals surface area (Å²) in [5, 5.41) is 1.06. The van der Waals surface area contributed by atoms with E-state index in [0.717, 1.165) is 48.7 Å². The minimum Gasteiger partial charge on any atom is -0.179 e. The zero-order valence-electron chi connectivity index (χ0n) is 11.7. The fourth-order valence-electron chi connectivity index (χ4n) is 2.26. The topological polar surface area (TPSA) is 0 Å². The highest BCUT2D eigenvalue weighted by Crippen LogP contribution is 2.31. The van der Waals surface area contributed by atoms with Crippen molar-refractivity contribution >= 4 is 88.4 Å². The van der Waals surface area contributed by atoms with Crippen molar-refractivity contribution in [1.82, 2.24) is 0 Å². The first-order valence-electron chi connectivity index (χ1n) is 6.97. The first-order chi connectivity index (χ1) is 9.49. The second-order valence-electron chi connectivity index (χ2n) is 5.18. The largest absolute Gasteiger partial charge is 0.179 e. The Hall–Kier alpha value is 2.45. The van der Waals surface area contributed by atoms with E-state index >= 15 is 0 Å². The SMILES string of the molecule is SCCC(S)CC(CS)C(S)C(CS)CC(S)CCS. The monoisotopic (exact) mass is 408 g/mol. The van der Waals surface area contributed by atoms with Crippen LogP contribution in [-0.4, -0.2) is 38.8 Å². The average Bonchev–Trinajstić information content (AvgIpc) is 2.42. The van der Waals surface area contributed by atoms with Crippen LogP contribution >= 0.6 is 88.4 Å². The number of hydrogen-bond donors (Lipinski definition) is 7. The molecule has 0 aromatic rings. The van der Waals surface area contributed by atoms with E-state index in [-0.39, 0.29) is 0 Å². The lowest BCUT2D eigenvalue weighted by atomic mass is 9.88. The summed E-state index contributed by atoms with van der Waals surface area (Å²) < 4.78 is 0. The normalized spacial score (nSPS) is 19.4. The molecule has 4 atom stereocenters. The maximum Gasteiger partial charge on any atom is 0.00897 e. The van der Waals surface area contributed by atoms with Gasteiger partial charge in [-0.15, -0.1) is 0 Å². The van der Waals surface area contributed by atoms with E-state index in [1.54, 1.807) is 0 Å². The molecule has 0 aliphatic rings. The average molecular weight is 409 g/mol. The van der Waals surface area contributed by atoms with Crippen LogP contribution in [-0.2, 0) is 0 Å². The maximum absolute atomic E-state index is 4.86. The summed E-state index contributed by atoms with van der Waals surface area (Å²) in [5.74, 6) is 4.34. The molecule has 0 radical (unpaired) electrons. The highest BCUT2D eigenvalue weighted by molar-refractivity contribution is 7.82. The van der Waals surface area contributed by atoms with Gasteiger partial charge in [0.2, 0.25) is 0 Å². The third kappa shape index (κ3) is 9.56. The Bertz CT molecular complexity index is 205. The summed E-state index contributed by atoms with van der Waals surface area (Å²) >= 11 is 31.7. The Morgan fingerprint density at radius 3 is 1.20 bits per heavy atom. The number of thiol groups is 7. The quantitative estimate of drug-likeness (QED) is 0.229. The molecule has 0 saturated carbocycles. The van der Waals surface area contributed by atoms with E-state index in [9.17, 15) is 0 Å². The Kier molecular flexibility index (Phi) is 15.5. The Balaban J connectivity index is 4.47. The van der Waals surface area contributed by atoms with E-state index in [0.29, 0.717) is 27.6 Å². The molecule has 0 rings (SSSR count). The van der Waals surface area contributed by atoms with Gasteiger partial charge >= 0.3 is 0 Å². The zero-order valence-corrected chi connectivity index (χ0v) is 17.9. The van der Waals surface area contributed by atoms with Gasteiger partial charge in [0.1, 0.15) is 0 Å². The van der Waals surface area contributed by atoms with Crippen LogP contribution in [0.4, 0.5) is 0 Å². The van der Waals surface area contributed by atoms with E-state index in [1.807, 2.05) is 0 Å². The zero-order chi connectivity index (χ0) is 15.5. The van der Waals surface area contributed by atoms with Crippen molar-refractivity contribution in [1.29, 1.82) is 0 Å². The molecular formula is C13H28S7. The van der Waals surface area contributed by atoms with Crippen molar-refractivity contribution in [3.05, 3.63) is 0 Å². The van der Waals surface area contributed by atoms with Gasteiger partial charge < -0.3 is 0 Å². The fraction of sp³-hybridized carbons (Fsp3) is 1.00. The Morgan fingerprint density at radius 2 is 0.950 bits per heavy atom. The first-order valence-corrected chi connectivity index (χ1v) is 11.1. The minimum absolute atomic E-state index is 0.300. The van der Waals surface area contributed by atoms with Gasteiger partial charge in [-0.05, 0) is 60.5 Å². The van der Waals surface area contributed by atoms with Gasteiger partial charge in [0.15, 0.2) is 0 Å². The van der Waals surface area contributed by atoms with Crippen LogP contribution in [0.5, 0.6) is 0 Å². The predicted molar refractivity (Wildman–Crippen MR) is 119 cm³/mol. The summed E-state index contributed by atoms with van der Waals surface area (Å²) in [6.07, 6.45) is 4.12. The van der Waals surface area contributed by atoms with Crippen LogP contribution in [0.3, 0.4) is 0 Å². The highest BCUT2D eigenvalue weighted by Gasteiger charge is 2.27. The Morgan fingerprint density at radius 1 is 0.600 bits per heavy atom.